The summed E-state index contributed by atoms with van der Waals surface area (Å²) in [5.41, 5.74) is 0.310. The van der Waals surface area contributed by atoms with Crippen molar-refractivity contribution in [1.29, 1.82) is 0 Å². The molecule has 1 aromatic heterocycles. The Morgan fingerprint density at radius 2 is 2.30 bits per heavy atom. The lowest BCUT2D eigenvalue weighted by molar-refractivity contribution is 0.0953. The van der Waals surface area contributed by atoms with E-state index >= 15 is 0 Å². The Labute approximate surface area is 122 Å². The predicted octanol–water partition coefficient (Wildman–Crippen LogP) is 1.08. The van der Waals surface area contributed by atoms with E-state index in [0.29, 0.717) is 29.2 Å². The molecule has 1 saturated heterocycles. The van der Waals surface area contributed by atoms with E-state index in [4.69, 9.17) is 11.6 Å². The number of carbonyl (C=O) groups is 1. The molecule has 1 aliphatic rings. The van der Waals surface area contributed by atoms with Crippen LogP contribution in [0.1, 0.15) is 23.2 Å². The Hall–Kier alpha value is -1.34. The molecule has 20 heavy (non-hydrogen) atoms. The van der Waals surface area contributed by atoms with Gasteiger partial charge in [0.15, 0.2) is 9.84 Å². The number of sulfone groups is 1. The van der Waals surface area contributed by atoms with Crippen LogP contribution in [0.5, 0.6) is 0 Å². The minimum Gasteiger partial charge on any atom is -0.372 e. The molecule has 2 rings (SSSR count). The van der Waals surface area contributed by atoms with Gasteiger partial charge in [0.1, 0.15) is 5.82 Å². The Bertz CT molecular complexity index is 618. The Morgan fingerprint density at radius 1 is 1.55 bits per heavy atom. The summed E-state index contributed by atoms with van der Waals surface area (Å²) in [6, 6.07) is 1.50. The van der Waals surface area contributed by atoms with Crippen LogP contribution in [0, 0.1) is 0 Å². The summed E-state index contributed by atoms with van der Waals surface area (Å²) in [7, 11) is -1.37. The van der Waals surface area contributed by atoms with E-state index in [2.05, 4.69) is 15.6 Å². The molecule has 0 bridgehead atoms. The second-order valence-corrected chi connectivity index (χ2v) is 7.45. The molecule has 6 nitrogen and oxygen atoms in total. The highest BCUT2D eigenvalue weighted by Crippen LogP contribution is 2.21. The van der Waals surface area contributed by atoms with E-state index < -0.39 is 15.1 Å². The first kappa shape index (κ1) is 15.1. The molecule has 110 valence electrons. The first-order valence-electron chi connectivity index (χ1n) is 6.27. The van der Waals surface area contributed by atoms with E-state index in [0.717, 1.165) is 0 Å². The summed E-state index contributed by atoms with van der Waals surface area (Å²) in [6.07, 6.45) is 2.66. The quantitative estimate of drug-likeness (QED) is 0.867. The number of carbonyl (C=O) groups excluding carboxylic acids is 1. The number of aromatic nitrogens is 1. The third-order valence-electron chi connectivity index (χ3n) is 3.29. The van der Waals surface area contributed by atoms with Crippen LogP contribution < -0.4 is 10.6 Å². The van der Waals surface area contributed by atoms with E-state index in [1.54, 1.807) is 7.05 Å². The van der Waals surface area contributed by atoms with Crippen molar-refractivity contribution in [2.24, 2.45) is 0 Å². The van der Waals surface area contributed by atoms with E-state index in [9.17, 15) is 13.2 Å². The van der Waals surface area contributed by atoms with Crippen LogP contribution in [0.3, 0.4) is 0 Å². The third kappa shape index (κ3) is 3.21. The van der Waals surface area contributed by atoms with Crippen LogP contribution in [0.15, 0.2) is 12.3 Å². The number of pyridine rings is 1. The maximum Gasteiger partial charge on any atom is 0.252 e. The smallest absolute Gasteiger partial charge is 0.252 e. The molecular formula is C12H16ClN3O3S. The van der Waals surface area contributed by atoms with Crippen LogP contribution in [0.2, 0.25) is 5.02 Å². The number of amides is 1. The van der Waals surface area contributed by atoms with E-state index in [1.807, 2.05) is 0 Å². The molecule has 1 aliphatic heterocycles. The average molecular weight is 318 g/mol. The first-order valence-corrected chi connectivity index (χ1v) is 8.36. The molecule has 0 aromatic carbocycles. The molecule has 1 aromatic rings. The lowest BCUT2D eigenvalue weighted by atomic mass is 10.2. The van der Waals surface area contributed by atoms with Crippen molar-refractivity contribution in [1.82, 2.24) is 10.3 Å². The number of anilines is 1. The second-order valence-electron chi connectivity index (χ2n) is 4.65. The zero-order valence-electron chi connectivity index (χ0n) is 11.0. The van der Waals surface area contributed by atoms with Crippen molar-refractivity contribution < 1.29 is 13.2 Å². The zero-order chi connectivity index (χ0) is 14.8. The largest absolute Gasteiger partial charge is 0.372 e. The number of hydrogen-bond acceptors (Lipinski definition) is 5. The molecule has 2 heterocycles. The van der Waals surface area contributed by atoms with Gasteiger partial charge in [-0.05, 0) is 18.9 Å². The molecule has 8 heteroatoms. The minimum absolute atomic E-state index is 0.132. The number of rotatable bonds is 4. The summed E-state index contributed by atoms with van der Waals surface area (Å²) in [5.74, 6) is 0.323. The average Bonchev–Trinajstić information content (AvgIpc) is 2.74. The molecular weight excluding hydrogens is 302 g/mol. The van der Waals surface area contributed by atoms with Gasteiger partial charge in [-0.15, -0.1) is 0 Å². The highest BCUT2D eigenvalue weighted by Gasteiger charge is 2.31. The van der Waals surface area contributed by atoms with Gasteiger partial charge in [-0.2, -0.15) is 0 Å². The van der Waals surface area contributed by atoms with Crippen molar-refractivity contribution in [3.05, 3.63) is 22.8 Å². The molecule has 0 saturated carbocycles. The second kappa shape index (κ2) is 5.97. The highest BCUT2D eigenvalue weighted by molar-refractivity contribution is 7.92. The van der Waals surface area contributed by atoms with Gasteiger partial charge in [0.05, 0.1) is 21.6 Å². The van der Waals surface area contributed by atoms with Gasteiger partial charge in [-0.3, -0.25) is 4.79 Å². The number of nitrogens with one attached hydrogen (secondary N) is 2. The summed E-state index contributed by atoms with van der Waals surface area (Å²) in [6.45, 7) is 0.132. The SMILES string of the molecule is CNc1ncc(C(=O)NCC2CCCS2(=O)=O)cc1Cl. The Morgan fingerprint density at radius 3 is 2.85 bits per heavy atom. The Balaban J connectivity index is 2.00. The standard InChI is InChI=1S/C12H16ClN3O3S/c1-14-11-10(13)5-8(6-15-11)12(17)16-7-9-3-2-4-20(9,18)19/h5-6,9H,2-4,7H2,1H3,(H,14,15)(H,16,17). The molecule has 0 spiro atoms. The van der Waals surface area contributed by atoms with Crippen molar-refractivity contribution in [2.45, 2.75) is 18.1 Å². The minimum atomic E-state index is -3.05. The van der Waals surface area contributed by atoms with Crippen molar-refractivity contribution in [3.8, 4) is 0 Å². The number of hydrogen-bond donors (Lipinski definition) is 2. The molecule has 2 N–H and O–H groups in total. The third-order valence-corrected chi connectivity index (χ3v) is 5.86. The predicted molar refractivity (Wildman–Crippen MR) is 77.9 cm³/mol. The zero-order valence-corrected chi connectivity index (χ0v) is 12.6. The van der Waals surface area contributed by atoms with Gasteiger partial charge in [-0.1, -0.05) is 11.6 Å². The highest BCUT2D eigenvalue weighted by atomic mass is 35.5. The van der Waals surface area contributed by atoms with Crippen molar-refractivity contribution in [3.63, 3.8) is 0 Å². The number of nitrogens with zero attached hydrogens (tertiary/aromatic N) is 1. The maximum atomic E-state index is 11.9. The van der Waals surface area contributed by atoms with Gasteiger partial charge >= 0.3 is 0 Å². The summed E-state index contributed by atoms with van der Waals surface area (Å²) in [4.78, 5) is 15.9. The molecule has 0 aliphatic carbocycles. The lowest BCUT2D eigenvalue weighted by Crippen LogP contribution is -2.34. The summed E-state index contributed by atoms with van der Waals surface area (Å²) in [5, 5.41) is 5.28. The summed E-state index contributed by atoms with van der Waals surface area (Å²) < 4.78 is 23.3. The normalized spacial score (nSPS) is 20.6. The first-order chi connectivity index (χ1) is 9.44. The van der Waals surface area contributed by atoms with E-state index in [1.165, 1.54) is 12.3 Å². The lowest BCUT2D eigenvalue weighted by Gasteiger charge is -2.11. The van der Waals surface area contributed by atoms with Crippen LogP contribution in [-0.4, -0.2) is 43.9 Å². The molecule has 1 fully saturated rings. The van der Waals surface area contributed by atoms with Crippen molar-refractivity contribution >= 4 is 33.2 Å². The van der Waals surface area contributed by atoms with Gasteiger partial charge in [0.2, 0.25) is 0 Å². The monoisotopic (exact) mass is 317 g/mol. The molecule has 1 atom stereocenters. The molecule has 0 radical (unpaired) electrons. The van der Waals surface area contributed by atoms with Gasteiger partial charge in [0, 0.05) is 19.8 Å². The van der Waals surface area contributed by atoms with E-state index in [-0.39, 0.29) is 18.2 Å². The maximum absolute atomic E-state index is 11.9. The van der Waals surface area contributed by atoms with Crippen LogP contribution >= 0.6 is 11.6 Å². The van der Waals surface area contributed by atoms with Gasteiger partial charge < -0.3 is 10.6 Å². The fraction of sp³-hybridized carbons (Fsp3) is 0.500. The topological polar surface area (TPSA) is 88.2 Å². The molecule has 1 unspecified atom stereocenters. The van der Waals surface area contributed by atoms with Gasteiger partial charge in [-0.25, -0.2) is 13.4 Å². The van der Waals surface area contributed by atoms with Crippen LogP contribution in [0.25, 0.3) is 0 Å². The van der Waals surface area contributed by atoms with Crippen molar-refractivity contribution in [2.75, 3.05) is 24.7 Å². The van der Waals surface area contributed by atoms with Crippen LogP contribution in [0.4, 0.5) is 5.82 Å². The Kier molecular flexibility index (Phi) is 4.49. The molecule has 1 amide bonds. The fourth-order valence-electron chi connectivity index (χ4n) is 2.14. The van der Waals surface area contributed by atoms with Gasteiger partial charge in [0.25, 0.3) is 5.91 Å². The fourth-order valence-corrected chi connectivity index (χ4v) is 4.17. The summed E-state index contributed by atoms with van der Waals surface area (Å²) >= 11 is 5.95. The van der Waals surface area contributed by atoms with Crippen LogP contribution in [-0.2, 0) is 9.84 Å². The number of halogens is 1.